The summed E-state index contributed by atoms with van der Waals surface area (Å²) in [5.74, 6) is -2.65. The van der Waals surface area contributed by atoms with E-state index in [-0.39, 0.29) is 22.0 Å². The Kier molecular flexibility index (Phi) is 4.50. The van der Waals surface area contributed by atoms with Crippen LogP contribution >= 0.6 is 0 Å². The van der Waals surface area contributed by atoms with Crippen LogP contribution in [0.15, 0.2) is 65.7 Å². The Labute approximate surface area is 163 Å². The van der Waals surface area contributed by atoms with E-state index < -0.39 is 40.1 Å². The number of aromatic nitrogens is 1. The topological polar surface area (TPSA) is 70.6 Å². The highest BCUT2D eigenvalue weighted by Gasteiger charge is 2.43. The average Bonchev–Trinajstić information content (AvgIpc) is 2.65. The molecule has 0 N–H and O–H groups in total. The minimum absolute atomic E-state index is 0.0558. The number of carbonyl (C=O) groups excluding carboxylic acids is 1. The molecule has 0 fully saturated rings. The van der Waals surface area contributed by atoms with E-state index in [1.165, 1.54) is 36.5 Å². The van der Waals surface area contributed by atoms with E-state index in [9.17, 15) is 26.4 Å². The number of halogens is 3. The first-order valence-corrected chi connectivity index (χ1v) is 9.74. The number of hydrogen-bond acceptors (Lipinski definition) is 4. The first-order chi connectivity index (χ1) is 13.8. The van der Waals surface area contributed by atoms with Gasteiger partial charge in [0.1, 0.15) is 22.3 Å². The van der Waals surface area contributed by atoms with Crippen molar-refractivity contribution < 1.29 is 26.4 Å². The van der Waals surface area contributed by atoms with Gasteiger partial charge in [0.25, 0.3) is 10.0 Å². The second-order valence-corrected chi connectivity index (χ2v) is 8.04. The van der Waals surface area contributed by atoms with E-state index in [2.05, 4.69) is 4.98 Å². The lowest BCUT2D eigenvalue weighted by Gasteiger charge is -2.35. The molecule has 2 heterocycles. The van der Waals surface area contributed by atoms with Gasteiger partial charge in [-0.2, -0.15) is 0 Å². The van der Waals surface area contributed by atoms with Gasteiger partial charge in [-0.1, -0.05) is 6.07 Å². The maximum atomic E-state index is 13.7. The molecule has 4 rings (SSSR count). The quantitative estimate of drug-likeness (QED) is 0.644. The smallest absolute Gasteiger partial charge is 0.246 e. The lowest BCUT2D eigenvalue weighted by molar-refractivity contribution is 0.229. The zero-order valence-electron chi connectivity index (χ0n) is 14.6. The minimum Gasteiger partial charge on any atom is -0.246 e. The van der Waals surface area contributed by atoms with E-state index >= 15 is 0 Å². The average molecular weight is 419 g/mol. The molecule has 2 amide bonds. The van der Waals surface area contributed by atoms with Crippen LogP contribution in [0.3, 0.4) is 0 Å². The monoisotopic (exact) mass is 419 g/mol. The number of urea groups is 1. The summed E-state index contributed by atoms with van der Waals surface area (Å²) in [6.45, 7) is -0.615. The van der Waals surface area contributed by atoms with Crippen molar-refractivity contribution >= 4 is 27.6 Å². The van der Waals surface area contributed by atoms with Crippen molar-refractivity contribution in [3.05, 3.63) is 83.8 Å². The van der Waals surface area contributed by atoms with E-state index in [0.29, 0.717) is 10.4 Å². The fraction of sp³-hybridized carbons (Fsp3) is 0.0526. The molecule has 1 aliphatic heterocycles. The van der Waals surface area contributed by atoms with E-state index in [0.717, 1.165) is 23.1 Å². The van der Waals surface area contributed by atoms with Crippen molar-refractivity contribution in [2.75, 3.05) is 4.90 Å². The molecule has 0 spiro atoms. The highest BCUT2D eigenvalue weighted by Crippen LogP contribution is 2.38. The van der Waals surface area contributed by atoms with Gasteiger partial charge in [-0.05, 0) is 48.0 Å². The number of rotatable bonds is 3. The number of nitrogens with zero attached hydrogens (tertiary/aromatic N) is 3. The SMILES string of the molecule is O=C1N(c2cccc(F)c2)c2ncccc2S(=O)(=O)N1Cc1cc(F)cc(F)c1. The van der Waals surface area contributed by atoms with Gasteiger partial charge in [-0.3, -0.25) is 0 Å². The minimum atomic E-state index is -4.37. The van der Waals surface area contributed by atoms with E-state index in [1.807, 2.05) is 0 Å². The second-order valence-electron chi connectivity index (χ2n) is 6.21. The highest BCUT2D eigenvalue weighted by atomic mass is 32.2. The standard InChI is InChI=1S/C19H12F3N3O3S/c20-13-3-1-4-16(10-13)25-18-17(5-2-6-23-18)29(27,28)24(19(25)26)11-12-7-14(21)9-15(22)8-12/h1-10H,11H2. The van der Waals surface area contributed by atoms with Crippen LogP contribution in [0.1, 0.15) is 5.56 Å². The Morgan fingerprint density at radius 2 is 1.62 bits per heavy atom. The molecule has 29 heavy (non-hydrogen) atoms. The van der Waals surface area contributed by atoms with Crippen molar-refractivity contribution in [2.24, 2.45) is 0 Å². The summed E-state index contributed by atoms with van der Waals surface area (Å²) >= 11 is 0. The number of benzene rings is 2. The van der Waals surface area contributed by atoms with Crippen LogP contribution in [-0.2, 0) is 16.6 Å². The molecule has 0 aliphatic carbocycles. The summed E-state index contributed by atoms with van der Waals surface area (Å²) in [7, 11) is -4.37. The summed E-state index contributed by atoms with van der Waals surface area (Å²) in [6, 6.07) is 9.04. The number of anilines is 2. The molecule has 0 unspecified atom stereocenters. The van der Waals surface area contributed by atoms with Crippen LogP contribution in [0, 0.1) is 17.5 Å². The van der Waals surface area contributed by atoms with Crippen molar-refractivity contribution in [3.8, 4) is 0 Å². The maximum absolute atomic E-state index is 13.7. The predicted molar refractivity (Wildman–Crippen MR) is 97.3 cm³/mol. The first-order valence-electron chi connectivity index (χ1n) is 8.30. The number of carbonyl (C=O) groups is 1. The highest BCUT2D eigenvalue weighted by molar-refractivity contribution is 7.90. The third-order valence-corrected chi connectivity index (χ3v) is 5.99. The van der Waals surface area contributed by atoms with Gasteiger partial charge < -0.3 is 0 Å². The summed E-state index contributed by atoms with van der Waals surface area (Å²) < 4.78 is 67.3. The molecule has 0 radical (unpaired) electrons. The Morgan fingerprint density at radius 3 is 2.31 bits per heavy atom. The van der Waals surface area contributed by atoms with Crippen LogP contribution in [-0.4, -0.2) is 23.7 Å². The van der Waals surface area contributed by atoms with E-state index in [1.54, 1.807) is 0 Å². The Bertz CT molecular complexity index is 1210. The molecule has 148 valence electrons. The van der Waals surface area contributed by atoms with Gasteiger partial charge in [-0.15, -0.1) is 0 Å². The normalized spacial score (nSPS) is 15.3. The number of hydrogen-bond donors (Lipinski definition) is 0. The van der Waals surface area contributed by atoms with Crippen LogP contribution in [0.4, 0.5) is 29.5 Å². The number of amides is 2. The number of sulfonamides is 1. The molecule has 2 aromatic carbocycles. The summed E-state index contributed by atoms with van der Waals surface area (Å²) in [6.07, 6.45) is 1.30. The number of fused-ring (bicyclic) bond motifs is 1. The molecule has 3 aromatic rings. The third kappa shape index (κ3) is 3.31. The van der Waals surface area contributed by atoms with Gasteiger partial charge in [0.2, 0.25) is 0 Å². The molecule has 1 aliphatic rings. The number of pyridine rings is 1. The largest absolute Gasteiger partial charge is 0.344 e. The zero-order chi connectivity index (χ0) is 20.8. The van der Waals surface area contributed by atoms with Crippen LogP contribution in [0.5, 0.6) is 0 Å². The van der Waals surface area contributed by atoms with Gasteiger partial charge in [0, 0.05) is 12.3 Å². The van der Waals surface area contributed by atoms with Crippen molar-refractivity contribution in [3.63, 3.8) is 0 Å². The van der Waals surface area contributed by atoms with Gasteiger partial charge in [-0.25, -0.2) is 40.6 Å². The Morgan fingerprint density at radius 1 is 0.897 bits per heavy atom. The zero-order valence-corrected chi connectivity index (χ0v) is 15.4. The summed E-state index contributed by atoms with van der Waals surface area (Å²) in [5.41, 5.74) is -0.00812. The summed E-state index contributed by atoms with van der Waals surface area (Å²) in [4.78, 5) is 17.7. The van der Waals surface area contributed by atoms with Crippen LogP contribution < -0.4 is 4.90 Å². The molecule has 0 bridgehead atoms. The fourth-order valence-electron chi connectivity index (χ4n) is 3.04. The fourth-order valence-corrected chi connectivity index (χ4v) is 4.51. The Hall–Kier alpha value is -3.40. The van der Waals surface area contributed by atoms with E-state index in [4.69, 9.17) is 0 Å². The van der Waals surface area contributed by atoms with Crippen LogP contribution in [0.2, 0.25) is 0 Å². The van der Waals surface area contributed by atoms with Gasteiger partial charge >= 0.3 is 6.03 Å². The maximum Gasteiger partial charge on any atom is 0.344 e. The van der Waals surface area contributed by atoms with Crippen molar-refractivity contribution in [2.45, 2.75) is 11.4 Å². The second kappa shape index (κ2) is 6.89. The van der Waals surface area contributed by atoms with Crippen molar-refractivity contribution in [1.82, 2.24) is 9.29 Å². The Balaban J connectivity index is 1.87. The molecule has 1 aromatic heterocycles. The molecular weight excluding hydrogens is 407 g/mol. The molecule has 0 saturated carbocycles. The third-order valence-electron chi connectivity index (χ3n) is 4.25. The van der Waals surface area contributed by atoms with Crippen LogP contribution in [0.25, 0.3) is 0 Å². The van der Waals surface area contributed by atoms with Gasteiger partial charge in [0.15, 0.2) is 5.82 Å². The first kappa shape index (κ1) is 18.9. The van der Waals surface area contributed by atoms with Crippen molar-refractivity contribution in [1.29, 1.82) is 0 Å². The van der Waals surface area contributed by atoms with Gasteiger partial charge in [0.05, 0.1) is 12.2 Å². The lowest BCUT2D eigenvalue weighted by atomic mass is 10.2. The predicted octanol–water partition coefficient (Wildman–Crippen LogP) is 3.96. The molecular formula is C19H12F3N3O3S. The molecule has 0 atom stereocenters. The molecule has 0 saturated heterocycles. The summed E-state index contributed by atoms with van der Waals surface area (Å²) in [5, 5.41) is 0. The molecule has 10 heteroatoms. The lowest BCUT2D eigenvalue weighted by Crippen LogP contribution is -2.48. The molecule has 6 nitrogen and oxygen atoms in total.